The molecule has 15 N–H and O–H groups in total. The second-order valence-corrected chi connectivity index (χ2v) is 28.3. The van der Waals surface area contributed by atoms with Gasteiger partial charge in [0.25, 0.3) is 0 Å². The maximum atomic E-state index is 13.5. The number of carbonyl (C=O) groups is 1. The molecule has 4 aliphatic heterocycles. The first-order chi connectivity index (χ1) is 40.4. The van der Waals surface area contributed by atoms with Crippen molar-refractivity contribution in [2.75, 3.05) is 45.4 Å². The Balaban J connectivity index is 0.810. The van der Waals surface area contributed by atoms with E-state index in [2.05, 4.69) is 46.0 Å². The number of carbonyl (C=O) groups excluding carboxylic acids is 1. The lowest BCUT2D eigenvalue weighted by Gasteiger charge is -2.72. The molecule has 25 heteroatoms. The van der Waals surface area contributed by atoms with Crippen molar-refractivity contribution in [3.8, 4) is 0 Å². The van der Waals surface area contributed by atoms with Crippen LogP contribution < -0.4 is 5.32 Å². The standard InChI is InChI=1S/C61H95NO24/c1-56(2)19-29-28-13-14-36-58(5)17-16-38(84-54-48(75)45(72)42(69)34(83-54)25-80-53-47(74)44(71)41(68)33(82-53)24-79-52-46(73)40(67)31(65)23-78-52)57(3,4)35(58)15-18-59(36,6)60(28,7)20-37(66)61(29,26-64)21-39(56)85-55-49(76)50(43(70)32(22-63)81-55)86-51(77)27-11-9-10-12-30(27)62-8/h9-13,29,31-50,52-55,62-76H,14-26H2,1-8H3/t29-,31+,32+,33+,34+,35+,36+,37+,38-,39+,40+,41+,42+,43+,44+,45+,46-,47-,48+,49+,50-,52+,53-,54-,55-,58-,59+,60-,61-/m1/s1. The topological polar surface area (TPSA) is 395 Å². The summed E-state index contributed by atoms with van der Waals surface area (Å²) in [5, 5.41) is 157. The van der Waals surface area contributed by atoms with Crippen molar-refractivity contribution in [3.05, 3.63) is 41.5 Å². The molecule has 1 aromatic rings. The van der Waals surface area contributed by atoms with Crippen LogP contribution >= 0.6 is 0 Å². The Morgan fingerprint density at radius 3 is 1.87 bits per heavy atom. The average Bonchev–Trinajstić information content (AvgIpc) is 0.687. The molecule has 0 bridgehead atoms. The van der Waals surface area contributed by atoms with Crippen LogP contribution in [0.2, 0.25) is 0 Å². The first-order valence-electron chi connectivity index (χ1n) is 30.6. The Morgan fingerprint density at radius 1 is 0.628 bits per heavy atom. The van der Waals surface area contributed by atoms with Crippen LogP contribution in [-0.4, -0.2) is 253 Å². The van der Waals surface area contributed by atoms with Gasteiger partial charge in [-0.05, 0) is 108 Å². The van der Waals surface area contributed by atoms with Gasteiger partial charge in [0.2, 0.25) is 0 Å². The summed E-state index contributed by atoms with van der Waals surface area (Å²) in [5.41, 5.74) is -1.47. The Hall–Kier alpha value is -2.65. The van der Waals surface area contributed by atoms with Crippen LogP contribution in [0.4, 0.5) is 5.69 Å². The molecule has 0 amide bonds. The van der Waals surface area contributed by atoms with Crippen molar-refractivity contribution in [1.82, 2.24) is 0 Å². The van der Waals surface area contributed by atoms with E-state index in [0.717, 1.165) is 25.7 Å². The maximum absolute atomic E-state index is 13.5. The lowest BCUT2D eigenvalue weighted by molar-refractivity contribution is -0.348. The molecule has 4 saturated heterocycles. The quantitative estimate of drug-likeness (QED) is 0.0564. The minimum absolute atomic E-state index is 0.0849. The fraction of sp³-hybridized carbons (Fsp3) is 0.852. The summed E-state index contributed by atoms with van der Waals surface area (Å²) in [6, 6.07) is 6.62. The summed E-state index contributed by atoms with van der Waals surface area (Å²) >= 11 is 0. The molecule has 29 atom stereocenters. The maximum Gasteiger partial charge on any atom is 0.340 e. The molecule has 10 rings (SSSR count). The molecular weight excluding hydrogens is 1130 g/mol. The van der Waals surface area contributed by atoms with Gasteiger partial charge in [0.1, 0.15) is 85.5 Å². The van der Waals surface area contributed by atoms with Crippen molar-refractivity contribution in [3.63, 3.8) is 0 Å². The number of nitrogens with one attached hydrogen (secondary N) is 1. The number of ether oxygens (including phenoxy) is 9. The van der Waals surface area contributed by atoms with Gasteiger partial charge in [0.05, 0.1) is 56.9 Å². The molecule has 0 radical (unpaired) electrons. The molecule has 4 saturated carbocycles. The van der Waals surface area contributed by atoms with Gasteiger partial charge >= 0.3 is 5.97 Å². The van der Waals surface area contributed by atoms with Crippen molar-refractivity contribution in [2.24, 2.45) is 50.2 Å². The predicted octanol–water partition coefficient (Wildman–Crippen LogP) is -1.07. The molecule has 0 unspecified atom stereocenters. The van der Waals surface area contributed by atoms with Crippen LogP contribution in [0.5, 0.6) is 0 Å². The Bertz CT molecular complexity index is 2560. The largest absolute Gasteiger partial charge is 0.453 e. The summed E-state index contributed by atoms with van der Waals surface area (Å²) in [6.07, 6.45) is -25.0. The lowest BCUT2D eigenvalue weighted by Crippen LogP contribution is -2.68. The van der Waals surface area contributed by atoms with Gasteiger partial charge in [-0.15, -0.1) is 0 Å². The van der Waals surface area contributed by atoms with Gasteiger partial charge in [0, 0.05) is 18.2 Å². The number of benzene rings is 1. The summed E-state index contributed by atoms with van der Waals surface area (Å²) in [7, 11) is 1.64. The highest BCUT2D eigenvalue weighted by Gasteiger charge is 2.71. The fourth-order valence-electron chi connectivity index (χ4n) is 17.5. The Morgan fingerprint density at radius 2 is 1.22 bits per heavy atom. The number of aliphatic hydroxyl groups excluding tert-OH is 14. The smallest absolute Gasteiger partial charge is 0.340 e. The van der Waals surface area contributed by atoms with E-state index in [0.29, 0.717) is 24.9 Å². The number of anilines is 1. The number of para-hydroxylation sites is 1. The highest BCUT2D eigenvalue weighted by Crippen LogP contribution is 2.76. The monoisotopic (exact) mass is 1230 g/mol. The first kappa shape index (κ1) is 66.3. The van der Waals surface area contributed by atoms with Crippen molar-refractivity contribution in [1.29, 1.82) is 0 Å². The third-order valence-corrected chi connectivity index (χ3v) is 23.0. The van der Waals surface area contributed by atoms with E-state index in [-0.39, 0.29) is 53.8 Å². The molecule has 4 heterocycles. The van der Waals surface area contributed by atoms with Crippen molar-refractivity contribution < 1.29 is 119 Å². The van der Waals surface area contributed by atoms with Crippen LogP contribution in [0, 0.1) is 50.2 Å². The molecule has 488 valence electrons. The SMILES string of the molecule is CNc1ccccc1C(=O)O[C@H]1[C@H](O)[C@@H](O[C@H]2C[C@@]3(CO)[C@H](CC2(C)C)C2=CC[C@H]4[C@]5(C)CC[C@@H](O[C@H]6O[C@@H](CO[C@@H]7O[C@@H](CO[C@@H]8OC[C@H](O)[C@H](O)[C@H]8O)[C@H](O)[C@H](O)[C@H]7O)[C@H](O)[C@H](O)[C@@H]6O)C(C)(C)[C@@H]5CC[C@]4(C)[C@]2(C)C[C@@H]3O)O[C@@H](CO)[C@@H]1O. The zero-order valence-corrected chi connectivity index (χ0v) is 50.4. The predicted molar refractivity (Wildman–Crippen MR) is 299 cm³/mol. The van der Waals surface area contributed by atoms with Crippen molar-refractivity contribution in [2.45, 2.75) is 235 Å². The highest BCUT2D eigenvalue weighted by atomic mass is 16.7. The van der Waals surface area contributed by atoms with Gasteiger partial charge in [-0.3, -0.25) is 0 Å². The third-order valence-electron chi connectivity index (χ3n) is 23.0. The number of esters is 1. The summed E-state index contributed by atoms with van der Waals surface area (Å²) in [4.78, 5) is 13.5. The molecule has 8 fully saturated rings. The zero-order chi connectivity index (χ0) is 62.5. The third kappa shape index (κ3) is 11.1. The van der Waals surface area contributed by atoms with Gasteiger partial charge in [-0.1, -0.05) is 72.2 Å². The number of rotatable bonds is 15. The summed E-state index contributed by atoms with van der Waals surface area (Å²) in [6.45, 7) is 12.9. The molecule has 0 aromatic heterocycles. The van der Waals surface area contributed by atoms with E-state index in [1.807, 2.05) is 13.8 Å². The van der Waals surface area contributed by atoms with Crippen LogP contribution in [0.3, 0.4) is 0 Å². The van der Waals surface area contributed by atoms with Gasteiger partial charge < -0.3 is 119 Å². The highest BCUT2D eigenvalue weighted by molar-refractivity contribution is 5.95. The second kappa shape index (κ2) is 24.8. The molecule has 9 aliphatic rings. The first-order valence-corrected chi connectivity index (χ1v) is 30.6. The van der Waals surface area contributed by atoms with E-state index in [4.69, 9.17) is 42.6 Å². The van der Waals surface area contributed by atoms with Crippen LogP contribution in [0.1, 0.15) is 110 Å². The summed E-state index contributed by atoms with van der Waals surface area (Å²) in [5.74, 6) is -0.851. The molecule has 1 aromatic carbocycles. The minimum Gasteiger partial charge on any atom is -0.453 e. The van der Waals surface area contributed by atoms with E-state index < -0.39 is 182 Å². The Labute approximate surface area is 501 Å². The van der Waals surface area contributed by atoms with Crippen LogP contribution in [0.15, 0.2) is 35.9 Å². The normalized spacial score (nSPS) is 49.9. The van der Waals surface area contributed by atoms with Gasteiger partial charge in [-0.25, -0.2) is 4.79 Å². The Kier molecular flexibility index (Phi) is 19.1. The average molecular weight is 1230 g/mol. The number of allylic oxidation sites excluding steroid dienone is 2. The van der Waals surface area contributed by atoms with E-state index in [1.54, 1.807) is 31.3 Å². The van der Waals surface area contributed by atoms with E-state index in [9.17, 15) is 76.3 Å². The molecule has 0 spiro atoms. The summed E-state index contributed by atoms with van der Waals surface area (Å²) < 4.78 is 53.7. The van der Waals surface area contributed by atoms with E-state index >= 15 is 0 Å². The van der Waals surface area contributed by atoms with E-state index in [1.165, 1.54) is 5.57 Å². The van der Waals surface area contributed by atoms with Gasteiger partial charge in [0.15, 0.2) is 31.3 Å². The number of aliphatic hydroxyl groups is 14. The van der Waals surface area contributed by atoms with Crippen molar-refractivity contribution >= 4 is 11.7 Å². The minimum atomic E-state index is -1.82. The van der Waals surface area contributed by atoms with Gasteiger partial charge in [-0.2, -0.15) is 0 Å². The number of hydrogen-bond donors (Lipinski definition) is 15. The number of hydrogen-bond acceptors (Lipinski definition) is 25. The zero-order valence-electron chi connectivity index (χ0n) is 50.4. The second-order valence-electron chi connectivity index (χ2n) is 28.3. The molecule has 25 nitrogen and oxygen atoms in total. The van der Waals surface area contributed by atoms with Crippen LogP contribution in [-0.2, 0) is 42.6 Å². The lowest BCUT2D eigenvalue weighted by atomic mass is 9.33. The molecule has 5 aliphatic carbocycles. The van der Waals surface area contributed by atoms with Crippen LogP contribution in [0.25, 0.3) is 0 Å². The fourth-order valence-corrected chi connectivity index (χ4v) is 17.5. The molecular formula is C61H95NO24. The molecule has 86 heavy (non-hydrogen) atoms. The number of fused-ring (bicyclic) bond motifs is 7.